The number of benzene rings is 1. The van der Waals surface area contributed by atoms with Gasteiger partial charge in [-0.1, -0.05) is 12.1 Å². The second-order valence-electron chi connectivity index (χ2n) is 5.86. The number of piperidine rings is 1. The normalized spacial score (nSPS) is 20.9. The summed E-state index contributed by atoms with van der Waals surface area (Å²) < 4.78 is 25.2. The molecule has 1 N–H and O–H groups in total. The van der Waals surface area contributed by atoms with E-state index in [9.17, 15) is 13.5 Å². The van der Waals surface area contributed by atoms with Gasteiger partial charge in [-0.25, -0.2) is 12.7 Å². The topological polar surface area (TPSA) is 60.9 Å². The Labute approximate surface area is 127 Å². The zero-order valence-corrected chi connectivity index (χ0v) is 13.5. The first kappa shape index (κ1) is 16.4. The molecule has 1 fully saturated rings. The number of aliphatic hydroxyl groups is 1. The van der Waals surface area contributed by atoms with Crippen LogP contribution in [0.3, 0.4) is 0 Å². The predicted octanol–water partition coefficient (Wildman–Crippen LogP) is 1.14. The van der Waals surface area contributed by atoms with Gasteiger partial charge in [0.15, 0.2) is 0 Å². The van der Waals surface area contributed by atoms with Gasteiger partial charge in [0.2, 0.25) is 10.0 Å². The van der Waals surface area contributed by atoms with E-state index < -0.39 is 10.0 Å². The molecule has 0 radical (unpaired) electrons. The van der Waals surface area contributed by atoms with Crippen molar-refractivity contribution in [1.82, 2.24) is 9.21 Å². The van der Waals surface area contributed by atoms with Crippen molar-refractivity contribution in [2.75, 3.05) is 33.8 Å². The fraction of sp³-hybridized carbons (Fsp3) is 0.600. The van der Waals surface area contributed by atoms with Crippen LogP contribution in [0.1, 0.15) is 18.4 Å². The summed E-state index contributed by atoms with van der Waals surface area (Å²) in [6.45, 7) is 3.00. The summed E-state index contributed by atoms with van der Waals surface area (Å²) in [4.78, 5) is 2.64. The van der Waals surface area contributed by atoms with Gasteiger partial charge in [-0.05, 0) is 43.0 Å². The molecule has 118 valence electrons. The van der Waals surface area contributed by atoms with Gasteiger partial charge in [-0.2, -0.15) is 0 Å². The number of sulfonamides is 1. The Kier molecular flexibility index (Phi) is 5.37. The highest BCUT2D eigenvalue weighted by molar-refractivity contribution is 7.89. The number of hydrogen-bond acceptors (Lipinski definition) is 4. The fourth-order valence-electron chi connectivity index (χ4n) is 2.68. The smallest absolute Gasteiger partial charge is 0.242 e. The Morgan fingerprint density at radius 3 is 2.52 bits per heavy atom. The van der Waals surface area contributed by atoms with Crippen LogP contribution in [0.15, 0.2) is 29.2 Å². The number of likely N-dealkylation sites (tertiary alicyclic amines) is 1. The van der Waals surface area contributed by atoms with Crippen LogP contribution >= 0.6 is 0 Å². The lowest BCUT2D eigenvalue weighted by molar-refractivity contribution is 0.116. The Morgan fingerprint density at radius 2 is 1.95 bits per heavy atom. The molecule has 6 heteroatoms. The van der Waals surface area contributed by atoms with Gasteiger partial charge in [0.1, 0.15) is 0 Å². The minimum atomic E-state index is -3.35. The van der Waals surface area contributed by atoms with Crippen molar-refractivity contribution < 1.29 is 13.5 Å². The SMILES string of the molecule is CN(C)S(=O)(=O)c1ccc(CN2CCCC(CO)C2)cc1. The van der Waals surface area contributed by atoms with Crippen LogP contribution in [-0.2, 0) is 16.6 Å². The maximum absolute atomic E-state index is 12.0. The Hall–Kier alpha value is -0.950. The molecule has 1 aromatic rings. The van der Waals surface area contributed by atoms with Gasteiger partial charge in [-0.15, -0.1) is 0 Å². The van der Waals surface area contributed by atoms with Crippen LogP contribution in [0.25, 0.3) is 0 Å². The maximum Gasteiger partial charge on any atom is 0.242 e. The molecule has 1 saturated heterocycles. The monoisotopic (exact) mass is 312 g/mol. The van der Waals surface area contributed by atoms with E-state index in [1.807, 2.05) is 12.1 Å². The average Bonchev–Trinajstić information content (AvgIpc) is 2.48. The van der Waals surface area contributed by atoms with E-state index in [0.717, 1.165) is 38.0 Å². The maximum atomic E-state index is 12.0. The molecule has 0 bridgehead atoms. The average molecular weight is 312 g/mol. The van der Waals surface area contributed by atoms with E-state index >= 15 is 0 Å². The molecule has 1 aliphatic heterocycles. The molecule has 1 atom stereocenters. The third-order valence-electron chi connectivity index (χ3n) is 3.97. The molecule has 1 aromatic carbocycles. The molecule has 0 aromatic heterocycles. The van der Waals surface area contributed by atoms with E-state index in [2.05, 4.69) is 4.90 Å². The lowest BCUT2D eigenvalue weighted by atomic mass is 9.98. The lowest BCUT2D eigenvalue weighted by Crippen LogP contribution is -2.36. The lowest BCUT2D eigenvalue weighted by Gasteiger charge is -2.31. The van der Waals surface area contributed by atoms with Gasteiger partial charge in [0.05, 0.1) is 4.90 Å². The third-order valence-corrected chi connectivity index (χ3v) is 5.80. The van der Waals surface area contributed by atoms with E-state index in [1.54, 1.807) is 12.1 Å². The summed E-state index contributed by atoms with van der Waals surface area (Å²) in [5.41, 5.74) is 1.10. The molecule has 5 nitrogen and oxygen atoms in total. The van der Waals surface area contributed by atoms with Crippen LogP contribution in [0.5, 0.6) is 0 Å². The van der Waals surface area contributed by atoms with Crippen molar-refractivity contribution in [3.63, 3.8) is 0 Å². The van der Waals surface area contributed by atoms with Gasteiger partial charge in [0, 0.05) is 33.8 Å². The van der Waals surface area contributed by atoms with Crippen LogP contribution in [-0.4, -0.2) is 56.5 Å². The molecule has 21 heavy (non-hydrogen) atoms. The van der Waals surface area contributed by atoms with E-state index in [4.69, 9.17) is 0 Å². The zero-order chi connectivity index (χ0) is 15.5. The van der Waals surface area contributed by atoms with Gasteiger partial charge in [0.25, 0.3) is 0 Å². The second-order valence-corrected chi connectivity index (χ2v) is 8.01. The first-order valence-electron chi connectivity index (χ1n) is 7.28. The number of rotatable bonds is 5. The van der Waals surface area contributed by atoms with Crippen LogP contribution < -0.4 is 0 Å². The van der Waals surface area contributed by atoms with Crippen molar-refractivity contribution in [1.29, 1.82) is 0 Å². The molecule has 2 rings (SSSR count). The summed E-state index contributed by atoms with van der Waals surface area (Å²) in [6, 6.07) is 7.08. The van der Waals surface area contributed by atoms with Crippen LogP contribution in [0.2, 0.25) is 0 Å². The van der Waals surface area contributed by atoms with Crippen molar-refractivity contribution in [3.05, 3.63) is 29.8 Å². The third kappa shape index (κ3) is 4.03. The predicted molar refractivity (Wildman–Crippen MR) is 82.4 cm³/mol. The number of hydrogen-bond donors (Lipinski definition) is 1. The molecule has 0 saturated carbocycles. The second kappa shape index (κ2) is 6.87. The molecule has 1 unspecified atom stereocenters. The summed E-state index contributed by atoms with van der Waals surface area (Å²) >= 11 is 0. The van der Waals surface area contributed by atoms with E-state index in [-0.39, 0.29) is 6.61 Å². The van der Waals surface area contributed by atoms with Crippen molar-refractivity contribution in [2.24, 2.45) is 5.92 Å². The summed E-state index contributed by atoms with van der Waals surface area (Å²) in [7, 11) is -0.285. The van der Waals surface area contributed by atoms with Crippen molar-refractivity contribution in [2.45, 2.75) is 24.3 Å². The molecule has 1 aliphatic rings. The van der Waals surface area contributed by atoms with Gasteiger partial charge >= 0.3 is 0 Å². The van der Waals surface area contributed by atoms with Crippen molar-refractivity contribution >= 4 is 10.0 Å². The largest absolute Gasteiger partial charge is 0.396 e. The van der Waals surface area contributed by atoms with Gasteiger partial charge in [-0.3, -0.25) is 4.90 Å². The molecular weight excluding hydrogens is 288 g/mol. The Bertz CT molecular complexity index is 555. The summed E-state index contributed by atoms with van der Waals surface area (Å²) in [5, 5.41) is 9.25. The first-order valence-corrected chi connectivity index (χ1v) is 8.72. The quantitative estimate of drug-likeness (QED) is 0.886. The Balaban J connectivity index is 2.03. The van der Waals surface area contributed by atoms with E-state index in [0.29, 0.717) is 10.8 Å². The Morgan fingerprint density at radius 1 is 1.29 bits per heavy atom. The van der Waals surface area contributed by atoms with Crippen molar-refractivity contribution in [3.8, 4) is 0 Å². The van der Waals surface area contributed by atoms with E-state index in [1.165, 1.54) is 18.4 Å². The standard InChI is InChI=1S/C15H24N2O3S/c1-16(2)21(19,20)15-7-5-13(6-8-15)10-17-9-3-4-14(11-17)12-18/h5-8,14,18H,3-4,9-12H2,1-2H3. The van der Waals surface area contributed by atoms with Gasteiger partial charge < -0.3 is 5.11 Å². The molecular formula is C15H24N2O3S. The number of nitrogens with zero attached hydrogens (tertiary/aromatic N) is 2. The van der Waals surface area contributed by atoms with Crippen LogP contribution in [0, 0.1) is 5.92 Å². The minimum Gasteiger partial charge on any atom is -0.396 e. The first-order chi connectivity index (χ1) is 9.93. The fourth-order valence-corrected chi connectivity index (χ4v) is 3.58. The summed E-state index contributed by atoms with van der Waals surface area (Å²) in [6.07, 6.45) is 2.20. The summed E-state index contributed by atoms with van der Waals surface area (Å²) in [5.74, 6) is 0.368. The number of aliphatic hydroxyl groups excluding tert-OH is 1. The molecule has 1 heterocycles. The highest BCUT2D eigenvalue weighted by Crippen LogP contribution is 2.19. The molecule has 0 spiro atoms. The molecule has 0 aliphatic carbocycles. The van der Waals surface area contributed by atoms with Crippen LogP contribution in [0.4, 0.5) is 0 Å². The zero-order valence-electron chi connectivity index (χ0n) is 12.7. The molecule has 0 amide bonds. The highest BCUT2D eigenvalue weighted by atomic mass is 32.2. The minimum absolute atomic E-state index is 0.247. The highest BCUT2D eigenvalue weighted by Gasteiger charge is 2.20.